The van der Waals surface area contributed by atoms with Crippen molar-refractivity contribution in [2.75, 3.05) is 5.73 Å². The van der Waals surface area contributed by atoms with Gasteiger partial charge in [-0.3, -0.25) is 9.36 Å². The van der Waals surface area contributed by atoms with Crippen molar-refractivity contribution in [3.8, 4) is 5.69 Å². The third kappa shape index (κ3) is 1.60. The van der Waals surface area contributed by atoms with E-state index in [1.54, 1.807) is 10.6 Å². The molecule has 1 aromatic heterocycles. The van der Waals surface area contributed by atoms with Crippen LogP contribution in [0.4, 0.5) is 5.69 Å². The molecule has 0 amide bonds. The Labute approximate surface area is 94.1 Å². The molecule has 1 aromatic carbocycles. The van der Waals surface area contributed by atoms with E-state index >= 15 is 0 Å². The third-order valence-corrected chi connectivity index (χ3v) is 2.66. The lowest BCUT2D eigenvalue weighted by Crippen LogP contribution is -2.23. The molecule has 3 heteroatoms. The molecular formula is C13H14N2O. The van der Waals surface area contributed by atoms with Gasteiger partial charge in [0.1, 0.15) is 0 Å². The number of aryl methyl sites for hydroxylation is 2. The number of pyridine rings is 1. The molecule has 1 heterocycles. The fraction of sp³-hybridized carbons (Fsp3) is 0.154. The lowest BCUT2D eigenvalue weighted by atomic mass is 10.2. The number of aromatic nitrogens is 1. The van der Waals surface area contributed by atoms with Crippen molar-refractivity contribution < 1.29 is 0 Å². The van der Waals surface area contributed by atoms with Gasteiger partial charge in [-0.1, -0.05) is 18.2 Å². The smallest absolute Gasteiger partial charge is 0.278 e. The van der Waals surface area contributed by atoms with Gasteiger partial charge in [0.25, 0.3) is 5.56 Å². The van der Waals surface area contributed by atoms with Gasteiger partial charge in [0, 0.05) is 5.69 Å². The Morgan fingerprint density at radius 1 is 1.06 bits per heavy atom. The number of rotatable bonds is 1. The van der Waals surface area contributed by atoms with Crippen LogP contribution in [0.2, 0.25) is 0 Å². The van der Waals surface area contributed by atoms with Gasteiger partial charge in [0.05, 0.1) is 11.4 Å². The average Bonchev–Trinajstić information content (AvgIpc) is 2.27. The van der Waals surface area contributed by atoms with Crippen molar-refractivity contribution in [1.29, 1.82) is 0 Å². The molecule has 0 aliphatic heterocycles. The Hall–Kier alpha value is -2.03. The molecule has 0 atom stereocenters. The molecule has 0 saturated heterocycles. The summed E-state index contributed by atoms with van der Waals surface area (Å²) >= 11 is 0. The molecule has 0 unspecified atom stereocenters. The summed E-state index contributed by atoms with van der Waals surface area (Å²) in [5.74, 6) is 0. The van der Waals surface area contributed by atoms with E-state index in [9.17, 15) is 4.79 Å². The van der Waals surface area contributed by atoms with Gasteiger partial charge in [0.2, 0.25) is 0 Å². The number of para-hydroxylation sites is 1. The maximum atomic E-state index is 12.0. The summed E-state index contributed by atoms with van der Waals surface area (Å²) in [6, 6.07) is 11.3. The van der Waals surface area contributed by atoms with Crippen LogP contribution in [0.25, 0.3) is 5.69 Å². The van der Waals surface area contributed by atoms with Crippen LogP contribution in [-0.4, -0.2) is 4.57 Å². The quantitative estimate of drug-likeness (QED) is 0.789. The van der Waals surface area contributed by atoms with E-state index in [-0.39, 0.29) is 11.2 Å². The summed E-state index contributed by atoms with van der Waals surface area (Å²) in [5, 5.41) is 0. The number of nitrogens with two attached hydrogens (primary N) is 1. The van der Waals surface area contributed by atoms with E-state index in [2.05, 4.69) is 0 Å². The van der Waals surface area contributed by atoms with Gasteiger partial charge in [-0.25, -0.2) is 0 Å². The molecule has 0 radical (unpaired) electrons. The predicted octanol–water partition coefficient (Wildman–Crippen LogP) is 2.04. The molecule has 2 aromatic rings. The Kier molecular flexibility index (Phi) is 2.52. The van der Waals surface area contributed by atoms with E-state index in [0.29, 0.717) is 0 Å². The molecule has 16 heavy (non-hydrogen) atoms. The predicted molar refractivity (Wildman–Crippen MR) is 65.9 cm³/mol. The standard InChI is InChI=1S/C13H14N2O/c1-9-5-3-4-6-12(9)15-10(2)7-8-11(14)13(15)16/h3-8H,14H2,1-2H3. The van der Waals surface area contributed by atoms with Crippen molar-refractivity contribution in [2.45, 2.75) is 13.8 Å². The topological polar surface area (TPSA) is 48.0 Å². The number of anilines is 1. The molecule has 2 rings (SSSR count). The number of hydrogen-bond acceptors (Lipinski definition) is 2. The zero-order valence-electron chi connectivity index (χ0n) is 9.40. The summed E-state index contributed by atoms with van der Waals surface area (Å²) in [5.41, 5.74) is 8.58. The number of nitrogens with zero attached hydrogens (tertiary/aromatic N) is 1. The van der Waals surface area contributed by atoms with Crippen molar-refractivity contribution in [1.82, 2.24) is 4.57 Å². The SMILES string of the molecule is Cc1ccccc1-n1c(C)ccc(N)c1=O. The minimum absolute atomic E-state index is 0.158. The van der Waals surface area contributed by atoms with Crippen LogP contribution in [0.1, 0.15) is 11.3 Å². The Morgan fingerprint density at radius 3 is 2.44 bits per heavy atom. The van der Waals surface area contributed by atoms with E-state index in [1.807, 2.05) is 44.2 Å². The van der Waals surface area contributed by atoms with E-state index in [0.717, 1.165) is 16.9 Å². The summed E-state index contributed by atoms with van der Waals surface area (Å²) in [6.45, 7) is 3.87. The summed E-state index contributed by atoms with van der Waals surface area (Å²) in [6.07, 6.45) is 0. The zero-order chi connectivity index (χ0) is 11.7. The van der Waals surface area contributed by atoms with Gasteiger partial charge >= 0.3 is 0 Å². The summed E-state index contributed by atoms with van der Waals surface area (Å²) in [7, 11) is 0. The molecule has 0 bridgehead atoms. The van der Waals surface area contributed by atoms with Crippen molar-refractivity contribution in [2.24, 2.45) is 0 Å². The van der Waals surface area contributed by atoms with Crippen LogP contribution in [0.5, 0.6) is 0 Å². The molecular weight excluding hydrogens is 200 g/mol. The molecule has 0 saturated carbocycles. The first-order valence-electron chi connectivity index (χ1n) is 5.15. The van der Waals surface area contributed by atoms with E-state index in [1.165, 1.54) is 0 Å². The highest BCUT2D eigenvalue weighted by Crippen LogP contribution is 2.14. The largest absolute Gasteiger partial charge is 0.394 e. The van der Waals surface area contributed by atoms with Crippen LogP contribution < -0.4 is 11.3 Å². The molecule has 3 nitrogen and oxygen atoms in total. The van der Waals surface area contributed by atoms with Crippen LogP contribution >= 0.6 is 0 Å². The lowest BCUT2D eigenvalue weighted by Gasteiger charge is -2.12. The van der Waals surface area contributed by atoms with Crippen LogP contribution in [0.3, 0.4) is 0 Å². The summed E-state index contributed by atoms with van der Waals surface area (Å²) in [4.78, 5) is 12.0. The molecule has 0 aliphatic carbocycles. The first-order chi connectivity index (χ1) is 7.61. The van der Waals surface area contributed by atoms with E-state index < -0.39 is 0 Å². The minimum Gasteiger partial charge on any atom is -0.394 e. The Balaban J connectivity index is 2.79. The molecule has 0 aliphatic rings. The maximum absolute atomic E-state index is 12.0. The monoisotopic (exact) mass is 214 g/mol. The van der Waals surface area contributed by atoms with Gasteiger partial charge in [-0.05, 0) is 37.6 Å². The van der Waals surface area contributed by atoms with Crippen molar-refractivity contribution in [3.63, 3.8) is 0 Å². The van der Waals surface area contributed by atoms with Crippen LogP contribution in [0.15, 0.2) is 41.2 Å². The Bertz CT molecular complexity index is 585. The first-order valence-corrected chi connectivity index (χ1v) is 5.15. The van der Waals surface area contributed by atoms with E-state index in [4.69, 9.17) is 5.73 Å². The molecule has 0 fully saturated rings. The van der Waals surface area contributed by atoms with Crippen LogP contribution in [0, 0.1) is 13.8 Å². The average molecular weight is 214 g/mol. The number of hydrogen-bond donors (Lipinski definition) is 1. The summed E-state index contributed by atoms with van der Waals surface area (Å²) < 4.78 is 1.64. The second kappa shape index (κ2) is 3.85. The number of benzene rings is 1. The normalized spacial score (nSPS) is 10.4. The molecule has 82 valence electrons. The number of nitrogen functional groups attached to an aromatic ring is 1. The van der Waals surface area contributed by atoms with Crippen molar-refractivity contribution >= 4 is 5.69 Å². The zero-order valence-corrected chi connectivity index (χ0v) is 9.40. The maximum Gasteiger partial charge on any atom is 0.278 e. The van der Waals surface area contributed by atoms with Crippen molar-refractivity contribution in [3.05, 3.63) is 58.0 Å². The third-order valence-electron chi connectivity index (χ3n) is 2.66. The highest BCUT2D eigenvalue weighted by molar-refractivity contribution is 5.46. The fourth-order valence-corrected chi connectivity index (χ4v) is 1.76. The highest BCUT2D eigenvalue weighted by Gasteiger charge is 2.07. The van der Waals surface area contributed by atoms with Gasteiger partial charge in [-0.2, -0.15) is 0 Å². The van der Waals surface area contributed by atoms with Crippen LogP contribution in [-0.2, 0) is 0 Å². The Morgan fingerprint density at radius 2 is 1.75 bits per heavy atom. The minimum atomic E-state index is -0.158. The lowest BCUT2D eigenvalue weighted by molar-refractivity contribution is 0.929. The highest BCUT2D eigenvalue weighted by atomic mass is 16.1. The fourth-order valence-electron chi connectivity index (χ4n) is 1.76. The second-order valence-corrected chi connectivity index (χ2v) is 3.86. The van der Waals surface area contributed by atoms with Gasteiger partial charge < -0.3 is 5.73 Å². The first kappa shape index (κ1) is 10.5. The molecule has 0 spiro atoms. The van der Waals surface area contributed by atoms with Gasteiger partial charge in [-0.15, -0.1) is 0 Å². The molecule has 2 N–H and O–H groups in total. The second-order valence-electron chi connectivity index (χ2n) is 3.86. The van der Waals surface area contributed by atoms with Gasteiger partial charge in [0.15, 0.2) is 0 Å².